The summed E-state index contributed by atoms with van der Waals surface area (Å²) in [7, 11) is 0. The molecule has 2 aliphatic rings. The molecule has 3 heteroatoms. The van der Waals surface area contributed by atoms with Gasteiger partial charge >= 0.3 is 0 Å². The fraction of sp³-hybridized carbons (Fsp3) is 1.00. The molecule has 0 amide bonds. The number of hydrogen-bond acceptors (Lipinski definition) is 3. The Morgan fingerprint density at radius 1 is 1.28 bits per heavy atom. The lowest BCUT2D eigenvalue weighted by molar-refractivity contribution is -0.0846. The molecule has 2 rings (SSSR count). The van der Waals surface area contributed by atoms with Gasteiger partial charge in [-0.3, -0.25) is 0 Å². The number of rotatable bonds is 5. The smallest absolute Gasteiger partial charge is 0.0757 e. The van der Waals surface area contributed by atoms with Crippen molar-refractivity contribution in [2.45, 2.75) is 77.2 Å². The van der Waals surface area contributed by atoms with Crippen molar-refractivity contribution in [3.05, 3.63) is 0 Å². The molecule has 3 atom stereocenters. The normalized spacial score (nSPS) is 33.3. The first kappa shape index (κ1) is 14.3. The molecule has 2 fully saturated rings. The molecule has 1 heterocycles. The molecule has 2 N–H and O–H groups in total. The predicted molar refractivity (Wildman–Crippen MR) is 73.5 cm³/mol. The summed E-state index contributed by atoms with van der Waals surface area (Å²) >= 11 is 0. The van der Waals surface area contributed by atoms with E-state index >= 15 is 0 Å². The van der Waals surface area contributed by atoms with Gasteiger partial charge in [-0.15, -0.1) is 0 Å². The number of ether oxygens (including phenoxy) is 2. The highest BCUT2D eigenvalue weighted by atomic mass is 16.5. The SMILES string of the molecule is CCOC(C1CC1)C(N)C1CC(C)(C)OC1(C)C. The van der Waals surface area contributed by atoms with Gasteiger partial charge in [-0.2, -0.15) is 0 Å². The van der Waals surface area contributed by atoms with Crippen LogP contribution >= 0.6 is 0 Å². The zero-order valence-corrected chi connectivity index (χ0v) is 12.5. The first-order valence-electron chi connectivity index (χ1n) is 7.34. The molecule has 0 spiro atoms. The summed E-state index contributed by atoms with van der Waals surface area (Å²) in [6.07, 6.45) is 3.79. The second-order valence-corrected chi connectivity index (χ2v) is 7.11. The Kier molecular flexibility index (Phi) is 3.79. The predicted octanol–water partition coefficient (Wildman–Crippen LogP) is 2.72. The molecule has 0 aromatic rings. The minimum absolute atomic E-state index is 0.0634. The van der Waals surface area contributed by atoms with Crippen LogP contribution in [0.2, 0.25) is 0 Å². The van der Waals surface area contributed by atoms with E-state index in [1.165, 1.54) is 12.8 Å². The zero-order valence-electron chi connectivity index (χ0n) is 12.5. The van der Waals surface area contributed by atoms with E-state index in [0.717, 1.165) is 13.0 Å². The highest BCUT2D eigenvalue weighted by molar-refractivity contribution is 5.03. The minimum Gasteiger partial charge on any atom is -0.377 e. The van der Waals surface area contributed by atoms with Crippen LogP contribution < -0.4 is 5.73 Å². The highest BCUT2D eigenvalue weighted by Gasteiger charge is 2.51. The molecule has 3 nitrogen and oxygen atoms in total. The summed E-state index contributed by atoms with van der Waals surface area (Å²) in [4.78, 5) is 0. The molecule has 18 heavy (non-hydrogen) atoms. The van der Waals surface area contributed by atoms with E-state index < -0.39 is 0 Å². The molecular weight excluding hydrogens is 226 g/mol. The first-order chi connectivity index (χ1) is 8.27. The van der Waals surface area contributed by atoms with Gasteiger partial charge in [0, 0.05) is 18.6 Å². The Bertz CT molecular complexity index is 297. The molecule has 0 bridgehead atoms. The van der Waals surface area contributed by atoms with Gasteiger partial charge in [0.2, 0.25) is 0 Å². The van der Waals surface area contributed by atoms with Crippen molar-refractivity contribution in [3.63, 3.8) is 0 Å². The molecule has 1 aliphatic heterocycles. The Balaban J connectivity index is 2.09. The number of hydrogen-bond donors (Lipinski definition) is 1. The van der Waals surface area contributed by atoms with Gasteiger partial charge in [-0.25, -0.2) is 0 Å². The van der Waals surface area contributed by atoms with Crippen LogP contribution in [0.1, 0.15) is 53.9 Å². The van der Waals surface area contributed by atoms with Gasteiger partial charge in [0.25, 0.3) is 0 Å². The Labute approximate surface area is 111 Å². The third kappa shape index (κ3) is 2.89. The summed E-state index contributed by atoms with van der Waals surface area (Å²) in [5.74, 6) is 1.06. The minimum atomic E-state index is -0.146. The number of nitrogens with two attached hydrogens (primary N) is 1. The largest absolute Gasteiger partial charge is 0.377 e. The van der Waals surface area contributed by atoms with E-state index in [1.807, 2.05) is 0 Å². The molecule has 1 aliphatic carbocycles. The average molecular weight is 255 g/mol. The average Bonchev–Trinajstić information content (AvgIpc) is 3.00. The van der Waals surface area contributed by atoms with Crippen LogP contribution in [-0.4, -0.2) is 30.0 Å². The molecular formula is C15H29NO2. The third-order valence-corrected chi connectivity index (χ3v) is 4.43. The van der Waals surface area contributed by atoms with Gasteiger partial charge < -0.3 is 15.2 Å². The van der Waals surface area contributed by atoms with Crippen LogP contribution in [0.3, 0.4) is 0 Å². The third-order valence-electron chi connectivity index (χ3n) is 4.43. The van der Waals surface area contributed by atoms with Gasteiger partial charge in [-0.05, 0) is 59.8 Å². The van der Waals surface area contributed by atoms with Crippen LogP contribution in [0.15, 0.2) is 0 Å². The van der Waals surface area contributed by atoms with E-state index in [9.17, 15) is 0 Å². The van der Waals surface area contributed by atoms with E-state index in [1.54, 1.807) is 0 Å². The molecule has 1 saturated heterocycles. The van der Waals surface area contributed by atoms with Crippen molar-refractivity contribution in [2.24, 2.45) is 17.6 Å². The second kappa shape index (κ2) is 4.77. The molecule has 0 radical (unpaired) electrons. The van der Waals surface area contributed by atoms with Crippen molar-refractivity contribution in [3.8, 4) is 0 Å². The second-order valence-electron chi connectivity index (χ2n) is 7.11. The first-order valence-corrected chi connectivity index (χ1v) is 7.34. The fourth-order valence-electron chi connectivity index (χ4n) is 3.61. The molecule has 106 valence electrons. The van der Waals surface area contributed by atoms with E-state index in [4.69, 9.17) is 15.2 Å². The molecule has 0 aromatic carbocycles. The maximum atomic E-state index is 6.54. The van der Waals surface area contributed by atoms with Gasteiger partial charge in [0.15, 0.2) is 0 Å². The van der Waals surface area contributed by atoms with Crippen molar-refractivity contribution < 1.29 is 9.47 Å². The van der Waals surface area contributed by atoms with E-state index in [0.29, 0.717) is 11.8 Å². The van der Waals surface area contributed by atoms with E-state index in [-0.39, 0.29) is 23.3 Å². The maximum Gasteiger partial charge on any atom is 0.0757 e. The van der Waals surface area contributed by atoms with Gasteiger partial charge in [0.1, 0.15) is 0 Å². The summed E-state index contributed by atoms with van der Waals surface area (Å²) in [5.41, 5.74) is 6.33. The van der Waals surface area contributed by atoms with Crippen molar-refractivity contribution >= 4 is 0 Å². The van der Waals surface area contributed by atoms with Crippen LogP contribution in [0.5, 0.6) is 0 Å². The fourth-order valence-corrected chi connectivity index (χ4v) is 3.61. The molecule has 1 saturated carbocycles. The lowest BCUT2D eigenvalue weighted by Gasteiger charge is -2.35. The van der Waals surface area contributed by atoms with Gasteiger partial charge in [0.05, 0.1) is 17.3 Å². The van der Waals surface area contributed by atoms with Gasteiger partial charge in [-0.1, -0.05) is 0 Å². The van der Waals surface area contributed by atoms with Crippen LogP contribution in [-0.2, 0) is 9.47 Å². The Morgan fingerprint density at radius 2 is 1.89 bits per heavy atom. The van der Waals surface area contributed by atoms with Crippen molar-refractivity contribution in [1.82, 2.24) is 0 Å². The quantitative estimate of drug-likeness (QED) is 0.821. The highest BCUT2D eigenvalue weighted by Crippen LogP contribution is 2.46. The summed E-state index contributed by atoms with van der Waals surface area (Å²) < 4.78 is 12.1. The van der Waals surface area contributed by atoms with Crippen molar-refractivity contribution in [1.29, 1.82) is 0 Å². The van der Waals surface area contributed by atoms with E-state index in [2.05, 4.69) is 34.6 Å². The molecule has 3 unspecified atom stereocenters. The van der Waals surface area contributed by atoms with Crippen molar-refractivity contribution in [2.75, 3.05) is 6.61 Å². The Hall–Kier alpha value is -0.120. The van der Waals surface area contributed by atoms with Crippen LogP contribution in [0.25, 0.3) is 0 Å². The topological polar surface area (TPSA) is 44.5 Å². The summed E-state index contributed by atoms with van der Waals surface area (Å²) in [6, 6.07) is 0.0919. The lowest BCUT2D eigenvalue weighted by Crippen LogP contribution is -2.49. The maximum absolute atomic E-state index is 6.54. The van der Waals surface area contributed by atoms with Crippen LogP contribution in [0, 0.1) is 11.8 Å². The zero-order chi connectivity index (χ0) is 13.6. The monoisotopic (exact) mass is 255 g/mol. The lowest BCUT2D eigenvalue weighted by atomic mass is 9.79. The summed E-state index contributed by atoms with van der Waals surface area (Å²) in [5, 5.41) is 0. The Morgan fingerprint density at radius 3 is 2.28 bits per heavy atom. The molecule has 0 aromatic heterocycles. The summed E-state index contributed by atoms with van der Waals surface area (Å²) in [6.45, 7) is 11.5. The van der Waals surface area contributed by atoms with Crippen LogP contribution in [0.4, 0.5) is 0 Å². The standard InChI is InChI=1S/C15H29NO2/c1-6-17-13(10-7-8-10)12(16)11-9-14(2,3)18-15(11,4)5/h10-13H,6-9,16H2,1-5H3.